The van der Waals surface area contributed by atoms with E-state index in [0.717, 1.165) is 31.9 Å². The molecule has 1 aliphatic heterocycles. The van der Waals surface area contributed by atoms with Gasteiger partial charge in [0.05, 0.1) is 11.5 Å². The summed E-state index contributed by atoms with van der Waals surface area (Å²) in [5, 5.41) is 11.1. The van der Waals surface area contributed by atoms with Gasteiger partial charge in [0.15, 0.2) is 0 Å². The molecule has 1 atom stereocenters. The molecule has 0 unspecified atom stereocenters. The van der Waals surface area contributed by atoms with Gasteiger partial charge in [-0.15, -0.1) is 0 Å². The monoisotopic (exact) mass is 321 g/mol. The molecule has 0 amide bonds. The first-order valence-corrected chi connectivity index (χ1v) is 7.92. The fraction of sp³-hybridized carbons (Fsp3) is 0.562. The van der Waals surface area contributed by atoms with Crippen molar-refractivity contribution in [3.05, 3.63) is 33.9 Å². The van der Waals surface area contributed by atoms with Crippen LogP contribution in [0.25, 0.3) is 0 Å². The third-order valence-electron chi connectivity index (χ3n) is 4.16. The van der Waals surface area contributed by atoms with Gasteiger partial charge in [-0.2, -0.15) is 0 Å². The Bertz CT molecular complexity index is 591. The number of carbonyl (C=O) groups excluding carboxylic acids is 1. The van der Waals surface area contributed by atoms with E-state index in [9.17, 15) is 14.9 Å². The van der Waals surface area contributed by atoms with Crippen LogP contribution in [0.4, 0.5) is 11.4 Å². The molecule has 7 heteroatoms. The lowest BCUT2D eigenvalue weighted by atomic mass is 10.1. The van der Waals surface area contributed by atoms with E-state index in [0.29, 0.717) is 0 Å². The predicted molar refractivity (Wildman–Crippen MR) is 88.0 cm³/mol. The Morgan fingerprint density at radius 2 is 2.13 bits per heavy atom. The third-order valence-corrected chi connectivity index (χ3v) is 4.16. The number of carbonyl (C=O) groups is 1. The molecule has 1 aromatic carbocycles. The summed E-state index contributed by atoms with van der Waals surface area (Å²) in [6.07, 6.45) is 0. The van der Waals surface area contributed by atoms with Gasteiger partial charge in [-0.3, -0.25) is 15.0 Å². The highest BCUT2D eigenvalue weighted by molar-refractivity contribution is 5.95. The SMILES string of the molecule is CCOC(=O)c1cc(N2CCN(CC)C[C@H]2C)ccc1[N+](=O)[O-]. The smallest absolute Gasteiger partial charge is 0.345 e. The number of hydrogen-bond acceptors (Lipinski definition) is 6. The quantitative estimate of drug-likeness (QED) is 0.470. The second kappa shape index (κ2) is 7.41. The Balaban J connectivity index is 2.31. The molecule has 126 valence electrons. The maximum Gasteiger partial charge on any atom is 0.345 e. The van der Waals surface area contributed by atoms with E-state index in [1.54, 1.807) is 19.1 Å². The molecule has 0 aromatic heterocycles. The van der Waals surface area contributed by atoms with Crippen LogP contribution in [-0.2, 0) is 4.74 Å². The summed E-state index contributed by atoms with van der Waals surface area (Å²) in [6, 6.07) is 4.95. The van der Waals surface area contributed by atoms with Crippen molar-refractivity contribution in [3.63, 3.8) is 0 Å². The number of hydrogen-bond donors (Lipinski definition) is 0. The molecule has 1 aliphatic rings. The molecular formula is C16H23N3O4. The summed E-state index contributed by atoms with van der Waals surface area (Å²) in [5.74, 6) is -0.652. The number of likely N-dealkylation sites (N-methyl/N-ethyl adjacent to an activating group) is 1. The Morgan fingerprint density at radius 3 is 2.70 bits per heavy atom. The Labute approximate surface area is 136 Å². The van der Waals surface area contributed by atoms with Gasteiger partial charge in [0.25, 0.3) is 5.69 Å². The first-order valence-electron chi connectivity index (χ1n) is 7.92. The number of rotatable bonds is 5. The molecule has 23 heavy (non-hydrogen) atoms. The zero-order valence-electron chi connectivity index (χ0n) is 13.8. The molecular weight excluding hydrogens is 298 g/mol. The van der Waals surface area contributed by atoms with Crippen LogP contribution in [-0.4, -0.2) is 54.6 Å². The Kier molecular flexibility index (Phi) is 5.54. The zero-order chi connectivity index (χ0) is 17.0. The lowest BCUT2D eigenvalue weighted by Crippen LogP contribution is -2.51. The van der Waals surface area contributed by atoms with Gasteiger partial charge in [0.1, 0.15) is 5.56 Å². The summed E-state index contributed by atoms with van der Waals surface area (Å²) in [4.78, 5) is 27.2. The second-order valence-electron chi connectivity index (χ2n) is 5.61. The molecule has 7 nitrogen and oxygen atoms in total. The van der Waals surface area contributed by atoms with Crippen LogP contribution in [0.2, 0.25) is 0 Å². The van der Waals surface area contributed by atoms with E-state index in [1.165, 1.54) is 6.07 Å². The number of ether oxygens (including phenoxy) is 1. The van der Waals surface area contributed by atoms with E-state index >= 15 is 0 Å². The minimum atomic E-state index is -0.652. The van der Waals surface area contributed by atoms with Gasteiger partial charge in [0, 0.05) is 37.4 Å². The summed E-state index contributed by atoms with van der Waals surface area (Å²) in [6.45, 7) is 9.82. The van der Waals surface area contributed by atoms with E-state index in [4.69, 9.17) is 4.74 Å². The number of piperazine rings is 1. The van der Waals surface area contributed by atoms with Crippen molar-refractivity contribution in [2.45, 2.75) is 26.8 Å². The maximum atomic E-state index is 12.0. The first kappa shape index (κ1) is 17.2. The normalized spacial score (nSPS) is 18.7. The van der Waals surface area contributed by atoms with Crippen LogP contribution in [0.1, 0.15) is 31.1 Å². The molecule has 2 rings (SSSR count). The van der Waals surface area contributed by atoms with E-state index < -0.39 is 10.9 Å². The molecule has 1 fully saturated rings. The molecule has 0 bridgehead atoms. The molecule has 1 saturated heterocycles. The molecule has 0 aliphatic carbocycles. The minimum Gasteiger partial charge on any atom is -0.462 e. The van der Waals surface area contributed by atoms with Crippen LogP contribution in [0.15, 0.2) is 18.2 Å². The van der Waals surface area contributed by atoms with Gasteiger partial charge in [-0.1, -0.05) is 6.92 Å². The molecule has 1 heterocycles. The Hall–Kier alpha value is -2.15. The van der Waals surface area contributed by atoms with Crippen molar-refractivity contribution in [1.29, 1.82) is 0 Å². The van der Waals surface area contributed by atoms with E-state index in [-0.39, 0.29) is 23.9 Å². The highest BCUT2D eigenvalue weighted by Gasteiger charge is 2.27. The van der Waals surface area contributed by atoms with Crippen LogP contribution >= 0.6 is 0 Å². The average Bonchev–Trinajstić information content (AvgIpc) is 2.54. The summed E-state index contributed by atoms with van der Waals surface area (Å²) >= 11 is 0. The fourth-order valence-corrected chi connectivity index (χ4v) is 2.94. The van der Waals surface area contributed by atoms with Gasteiger partial charge < -0.3 is 9.64 Å². The van der Waals surface area contributed by atoms with Gasteiger partial charge in [-0.25, -0.2) is 4.79 Å². The van der Waals surface area contributed by atoms with E-state index in [1.807, 2.05) is 0 Å². The highest BCUT2D eigenvalue weighted by atomic mass is 16.6. The lowest BCUT2D eigenvalue weighted by molar-refractivity contribution is -0.385. The number of nitro benzene ring substituents is 1. The maximum absolute atomic E-state index is 12.0. The highest BCUT2D eigenvalue weighted by Crippen LogP contribution is 2.28. The minimum absolute atomic E-state index is 0.0134. The van der Waals surface area contributed by atoms with Crippen LogP contribution in [0, 0.1) is 10.1 Å². The zero-order valence-corrected chi connectivity index (χ0v) is 13.8. The van der Waals surface area contributed by atoms with Gasteiger partial charge in [0.2, 0.25) is 0 Å². The van der Waals surface area contributed by atoms with Crippen LogP contribution in [0.3, 0.4) is 0 Å². The molecule has 0 N–H and O–H groups in total. The van der Waals surface area contributed by atoms with Crippen LogP contribution < -0.4 is 4.90 Å². The fourth-order valence-electron chi connectivity index (χ4n) is 2.94. The number of benzene rings is 1. The van der Waals surface area contributed by atoms with Crippen molar-refractivity contribution in [2.75, 3.05) is 37.7 Å². The average molecular weight is 321 g/mol. The van der Waals surface area contributed by atoms with Crippen molar-refractivity contribution in [3.8, 4) is 0 Å². The van der Waals surface area contributed by atoms with Gasteiger partial charge in [-0.05, 0) is 32.5 Å². The molecule has 1 aromatic rings. The summed E-state index contributed by atoms with van der Waals surface area (Å²) in [7, 11) is 0. The number of nitrogens with zero attached hydrogens (tertiary/aromatic N) is 3. The van der Waals surface area contributed by atoms with Crippen molar-refractivity contribution >= 4 is 17.3 Å². The van der Waals surface area contributed by atoms with Crippen LogP contribution in [0.5, 0.6) is 0 Å². The molecule has 0 saturated carbocycles. The largest absolute Gasteiger partial charge is 0.462 e. The van der Waals surface area contributed by atoms with Crippen molar-refractivity contribution in [2.24, 2.45) is 0 Å². The van der Waals surface area contributed by atoms with E-state index in [2.05, 4.69) is 23.6 Å². The molecule has 0 spiro atoms. The summed E-state index contributed by atoms with van der Waals surface area (Å²) in [5.41, 5.74) is 0.619. The second-order valence-corrected chi connectivity index (χ2v) is 5.61. The lowest BCUT2D eigenvalue weighted by Gasteiger charge is -2.41. The number of anilines is 1. The van der Waals surface area contributed by atoms with Crippen molar-refractivity contribution < 1.29 is 14.5 Å². The number of esters is 1. The molecule has 0 radical (unpaired) electrons. The summed E-state index contributed by atoms with van der Waals surface area (Å²) < 4.78 is 4.95. The van der Waals surface area contributed by atoms with Gasteiger partial charge >= 0.3 is 5.97 Å². The number of nitro groups is 1. The van der Waals surface area contributed by atoms with Crippen molar-refractivity contribution in [1.82, 2.24) is 4.90 Å². The first-order chi connectivity index (χ1) is 11.0. The third kappa shape index (κ3) is 3.79. The predicted octanol–water partition coefficient (Wildman–Crippen LogP) is 2.30. The standard InChI is InChI=1S/C16H23N3O4/c1-4-17-8-9-18(12(3)11-17)13-6-7-15(19(21)22)14(10-13)16(20)23-5-2/h6-7,10,12H,4-5,8-9,11H2,1-3H3/t12-/m1/s1. The topological polar surface area (TPSA) is 75.9 Å². The Morgan fingerprint density at radius 1 is 1.39 bits per heavy atom.